The monoisotopic (exact) mass is 347 g/mol. The molecule has 2 aromatic carbocycles. The molecule has 1 unspecified atom stereocenters. The van der Waals surface area contributed by atoms with Crippen molar-refractivity contribution in [2.75, 3.05) is 25.1 Å². The maximum atomic E-state index is 11.3. The Morgan fingerprint density at radius 2 is 1.83 bits per heavy atom. The summed E-state index contributed by atoms with van der Waals surface area (Å²) in [4.78, 5) is 1.26. The van der Waals surface area contributed by atoms with E-state index in [0.717, 1.165) is 23.4 Å². The van der Waals surface area contributed by atoms with E-state index in [0.29, 0.717) is 12.3 Å². The summed E-state index contributed by atoms with van der Waals surface area (Å²) in [5.74, 6) is 1.54. The molecule has 0 fully saturated rings. The molecule has 4 nitrogen and oxygen atoms in total. The Hall–Kier alpha value is -1.50. The van der Waals surface area contributed by atoms with E-state index < -0.39 is 11.0 Å². The fourth-order valence-electron chi connectivity index (χ4n) is 1.89. The molecule has 0 radical (unpaired) electrons. The summed E-state index contributed by atoms with van der Waals surface area (Å²) < 4.78 is 14.1. The van der Waals surface area contributed by atoms with E-state index >= 15 is 0 Å². The molecule has 0 aliphatic heterocycles. The second-order valence-electron chi connectivity index (χ2n) is 4.80. The molecule has 0 amide bonds. The van der Waals surface area contributed by atoms with Gasteiger partial charge in [0.25, 0.3) is 0 Å². The Morgan fingerprint density at radius 1 is 1.09 bits per heavy atom. The molecule has 0 bridgehead atoms. The lowest BCUT2D eigenvalue weighted by Gasteiger charge is -2.01. The van der Waals surface area contributed by atoms with Crippen LogP contribution in [0.3, 0.4) is 0 Å². The first-order valence-corrected chi connectivity index (χ1v) is 9.78. The number of nitrogens with zero attached hydrogens (tertiary/aromatic N) is 2. The summed E-state index contributed by atoms with van der Waals surface area (Å²) in [6, 6.07) is 18.2. The number of aryl methyl sites for hydroxylation is 1. The highest BCUT2D eigenvalue weighted by Gasteiger charge is 1.98. The van der Waals surface area contributed by atoms with Crippen LogP contribution in [0.2, 0.25) is 0 Å². The lowest BCUT2D eigenvalue weighted by molar-refractivity contribution is 0.677. The molecule has 0 heterocycles. The van der Waals surface area contributed by atoms with Crippen molar-refractivity contribution in [2.24, 2.45) is 10.2 Å². The average Bonchev–Trinajstić information content (AvgIpc) is 2.61. The molecule has 0 aliphatic carbocycles. The van der Waals surface area contributed by atoms with Crippen LogP contribution >= 0.6 is 11.8 Å². The van der Waals surface area contributed by atoms with Gasteiger partial charge >= 0.3 is 0 Å². The lowest BCUT2D eigenvalue weighted by Crippen LogP contribution is -2.15. The largest absolute Gasteiger partial charge is 0.243 e. The molecule has 0 saturated carbocycles. The van der Waals surface area contributed by atoms with Crippen molar-refractivity contribution >= 4 is 28.4 Å². The Bertz CT molecular complexity index is 630. The molecule has 2 aromatic rings. The zero-order valence-corrected chi connectivity index (χ0v) is 14.8. The van der Waals surface area contributed by atoms with Crippen LogP contribution in [0.4, 0.5) is 5.69 Å². The Kier molecular flexibility index (Phi) is 8.00. The molecular weight excluding hydrogens is 326 g/mol. The molecule has 6 heteroatoms. The van der Waals surface area contributed by atoms with Gasteiger partial charge in [0.05, 0.1) is 23.2 Å². The number of benzene rings is 2. The van der Waals surface area contributed by atoms with Crippen molar-refractivity contribution in [1.82, 2.24) is 4.72 Å². The van der Waals surface area contributed by atoms with Crippen molar-refractivity contribution < 1.29 is 4.21 Å². The van der Waals surface area contributed by atoms with Crippen LogP contribution in [-0.4, -0.2) is 29.3 Å². The van der Waals surface area contributed by atoms with Gasteiger partial charge in [-0.25, -0.2) is 8.93 Å². The van der Waals surface area contributed by atoms with Gasteiger partial charge in [-0.15, -0.1) is 11.8 Å². The predicted molar refractivity (Wildman–Crippen MR) is 98.8 cm³/mol. The van der Waals surface area contributed by atoms with E-state index in [1.807, 2.05) is 42.5 Å². The Balaban J connectivity index is 1.71. The van der Waals surface area contributed by atoms with Crippen LogP contribution in [0, 0.1) is 0 Å². The molecule has 0 aliphatic rings. The van der Waals surface area contributed by atoms with Crippen LogP contribution in [0.1, 0.15) is 5.56 Å². The second-order valence-corrected chi connectivity index (χ2v) is 7.47. The molecule has 23 heavy (non-hydrogen) atoms. The second kappa shape index (κ2) is 10.3. The third-order valence-electron chi connectivity index (χ3n) is 3.13. The van der Waals surface area contributed by atoms with Gasteiger partial charge < -0.3 is 0 Å². The third-order valence-corrected chi connectivity index (χ3v) is 5.15. The van der Waals surface area contributed by atoms with E-state index in [1.165, 1.54) is 4.90 Å². The number of hydrogen-bond acceptors (Lipinski definition) is 4. The van der Waals surface area contributed by atoms with Crippen LogP contribution in [-0.2, 0) is 17.4 Å². The Morgan fingerprint density at radius 3 is 2.52 bits per heavy atom. The zero-order valence-electron chi connectivity index (χ0n) is 13.1. The SMILES string of the molecule is CNS(=O)CCc1ccc(N=NCCSc2ccccc2)cc1. The van der Waals surface area contributed by atoms with Gasteiger partial charge in [-0.1, -0.05) is 30.3 Å². The topological polar surface area (TPSA) is 53.8 Å². The van der Waals surface area contributed by atoms with Crippen LogP contribution in [0.15, 0.2) is 69.7 Å². The van der Waals surface area contributed by atoms with Gasteiger partial charge in [-0.05, 0) is 43.3 Å². The first kappa shape index (κ1) is 17.8. The van der Waals surface area contributed by atoms with Crippen LogP contribution in [0.5, 0.6) is 0 Å². The van der Waals surface area contributed by atoms with Crippen molar-refractivity contribution in [3.8, 4) is 0 Å². The van der Waals surface area contributed by atoms with Crippen molar-refractivity contribution in [2.45, 2.75) is 11.3 Å². The third kappa shape index (κ3) is 7.07. The molecule has 1 N–H and O–H groups in total. The van der Waals surface area contributed by atoms with E-state index in [2.05, 4.69) is 27.1 Å². The van der Waals surface area contributed by atoms with Crippen LogP contribution in [0.25, 0.3) is 0 Å². The van der Waals surface area contributed by atoms with Gasteiger partial charge in [-0.2, -0.15) is 10.2 Å². The molecule has 122 valence electrons. The molecule has 0 saturated heterocycles. The number of thioether (sulfide) groups is 1. The summed E-state index contributed by atoms with van der Waals surface area (Å²) in [6.07, 6.45) is 0.790. The number of nitrogens with one attached hydrogen (secondary N) is 1. The molecule has 0 aromatic heterocycles. The van der Waals surface area contributed by atoms with Crippen LogP contribution < -0.4 is 4.72 Å². The number of azo groups is 1. The van der Waals surface area contributed by atoms with E-state index in [9.17, 15) is 4.21 Å². The quantitative estimate of drug-likeness (QED) is 0.424. The number of hydrogen-bond donors (Lipinski definition) is 1. The summed E-state index contributed by atoms with van der Waals surface area (Å²) in [7, 11) is 0.754. The summed E-state index contributed by atoms with van der Waals surface area (Å²) >= 11 is 1.78. The lowest BCUT2D eigenvalue weighted by atomic mass is 10.1. The standard InChI is InChI=1S/C17H21N3OS2/c1-18-23(21)14-11-15-7-9-16(10-8-15)20-19-12-13-22-17-5-3-2-4-6-17/h2-10,18H,11-14H2,1H3. The highest BCUT2D eigenvalue weighted by Crippen LogP contribution is 2.17. The molecule has 1 atom stereocenters. The molecule has 2 rings (SSSR count). The predicted octanol–water partition coefficient (Wildman–Crippen LogP) is 3.99. The summed E-state index contributed by atoms with van der Waals surface area (Å²) in [5.41, 5.74) is 2.01. The van der Waals surface area contributed by atoms with E-state index in [-0.39, 0.29) is 0 Å². The first-order chi connectivity index (χ1) is 11.3. The van der Waals surface area contributed by atoms with Gasteiger partial charge in [0, 0.05) is 16.4 Å². The first-order valence-electron chi connectivity index (χ1n) is 7.48. The molecular formula is C17H21N3OS2. The summed E-state index contributed by atoms with van der Waals surface area (Å²) in [5, 5.41) is 8.45. The van der Waals surface area contributed by atoms with Crippen molar-refractivity contribution in [3.63, 3.8) is 0 Å². The average molecular weight is 348 g/mol. The van der Waals surface area contributed by atoms with Gasteiger partial charge in [0.15, 0.2) is 0 Å². The van der Waals surface area contributed by atoms with Gasteiger partial charge in [0.2, 0.25) is 0 Å². The van der Waals surface area contributed by atoms with Gasteiger partial charge in [-0.3, -0.25) is 0 Å². The minimum Gasteiger partial charge on any atom is -0.243 e. The minimum absolute atomic E-state index is 0.619. The fraction of sp³-hybridized carbons (Fsp3) is 0.294. The summed E-state index contributed by atoms with van der Waals surface area (Å²) in [6.45, 7) is 0.697. The fourth-order valence-corrected chi connectivity index (χ4v) is 3.28. The highest BCUT2D eigenvalue weighted by molar-refractivity contribution is 7.99. The highest BCUT2D eigenvalue weighted by atomic mass is 32.2. The van der Waals surface area contributed by atoms with E-state index in [4.69, 9.17) is 0 Å². The van der Waals surface area contributed by atoms with E-state index in [1.54, 1.807) is 18.8 Å². The molecule has 0 spiro atoms. The maximum Gasteiger partial charge on any atom is 0.0916 e. The maximum absolute atomic E-state index is 11.3. The number of rotatable bonds is 9. The Labute approximate surface area is 144 Å². The smallest absolute Gasteiger partial charge is 0.0916 e. The van der Waals surface area contributed by atoms with Crippen molar-refractivity contribution in [3.05, 3.63) is 60.2 Å². The zero-order chi connectivity index (χ0) is 16.3. The minimum atomic E-state index is -0.950. The van der Waals surface area contributed by atoms with Crippen molar-refractivity contribution in [1.29, 1.82) is 0 Å². The van der Waals surface area contributed by atoms with Gasteiger partial charge in [0.1, 0.15) is 0 Å². The normalized spacial score (nSPS) is 12.6.